The summed E-state index contributed by atoms with van der Waals surface area (Å²) in [7, 11) is 0. The topological polar surface area (TPSA) is 69.1 Å². The first-order valence-electron chi connectivity index (χ1n) is 4.41. The molecule has 0 aliphatic carbocycles. The van der Waals surface area contributed by atoms with Gasteiger partial charge in [-0.3, -0.25) is 0 Å². The summed E-state index contributed by atoms with van der Waals surface area (Å²) in [6.45, 7) is 1.91. The maximum absolute atomic E-state index is 5.19. The van der Waals surface area contributed by atoms with Crippen LogP contribution in [-0.2, 0) is 0 Å². The standard InChI is InChI=1S/C9H7N5O/c1-6-7(9-10-2-3-15-9)12-5-14-8(6)11-4-13-14/h2-5H,1H3. The predicted molar refractivity (Wildman–Crippen MR) is 51.0 cm³/mol. The molecule has 6 nitrogen and oxygen atoms in total. The predicted octanol–water partition coefficient (Wildman–Crippen LogP) is 1.09. The molecule has 0 amide bonds. The quantitative estimate of drug-likeness (QED) is 0.589. The average molecular weight is 201 g/mol. The van der Waals surface area contributed by atoms with E-state index in [1.807, 2.05) is 6.92 Å². The molecule has 0 aromatic carbocycles. The Balaban J connectivity index is 2.32. The molecule has 0 fully saturated rings. The van der Waals surface area contributed by atoms with Gasteiger partial charge in [-0.05, 0) is 6.92 Å². The van der Waals surface area contributed by atoms with Gasteiger partial charge in [0.05, 0.1) is 6.20 Å². The minimum Gasteiger partial charge on any atom is -0.443 e. The van der Waals surface area contributed by atoms with Crippen LogP contribution in [-0.4, -0.2) is 24.6 Å². The average Bonchev–Trinajstić information content (AvgIpc) is 2.87. The first-order chi connectivity index (χ1) is 7.36. The van der Waals surface area contributed by atoms with E-state index in [4.69, 9.17) is 4.42 Å². The van der Waals surface area contributed by atoms with E-state index in [0.29, 0.717) is 11.6 Å². The molecule has 0 aliphatic heterocycles. The molecule has 3 aromatic heterocycles. The van der Waals surface area contributed by atoms with Gasteiger partial charge in [0.15, 0.2) is 5.65 Å². The molecule has 74 valence electrons. The van der Waals surface area contributed by atoms with Crippen LogP contribution < -0.4 is 0 Å². The van der Waals surface area contributed by atoms with E-state index in [2.05, 4.69) is 20.1 Å². The lowest BCUT2D eigenvalue weighted by Crippen LogP contribution is -1.96. The number of hydrogen-bond donors (Lipinski definition) is 0. The summed E-state index contributed by atoms with van der Waals surface area (Å²) in [5.74, 6) is 0.498. The summed E-state index contributed by atoms with van der Waals surface area (Å²) in [6, 6.07) is 0. The number of fused-ring (bicyclic) bond motifs is 1. The molecule has 0 unspecified atom stereocenters. The van der Waals surface area contributed by atoms with Gasteiger partial charge >= 0.3 is 0 Å². The second-order valence-corrected chi connectivity index (χ2v) is 3.08. The molecule has 0 spiro atoms. The highest BCUT2D eigenvalue weighted by Gasteiger charge is 2.12. The maximum Gasteiger partial charge on any atom is 0.245 e. The molecular weight excluding hydrogens is 194 g/mol. The molecule has 3 heterocycles. The molecule has 3 rings (SSSR count). The van der Waals surface area contributed by atoms with Crippen LogP contribution in [0, 0.1) is 6.92 Å². The first-order valence-corrected chi connectivity index (χ1v) is 4.41. The van der Waals surface area contributed by atoms with E-state index >= 15 is 0 Å². The zero-order chi connectivity index (χ0) is 10.3. The van der Waals surface area contributed by atoms with Gasteiger partial charge in [-0.1, -0.05) is 0 Å². The van der Waals surface area contributed by atoms with Crippen molar-refractivity contribution in [1.29, 1.82) is 0 Å². The fraction of sp³-hybridized carbons (Fsp3) is 0.111. The van der Waals surface area contributed by atoms with Crippen molar-refractivity contribution in [3.8, 4) is 11.6 Å². The molecule has 0 N–H and O–H groups in total. The van der Waals surface area contributed by atoms with Crippen LogP contribution in [0.15, 0.2) is 29.5 Å². The summed E-state index contributed by atoms with van der Waals surface area (Å²) in [6.07, 6.45) is 6.19. The van der Waals surface area contributed by atoms with Gasteiger partial charge in [-0.2, -0.15) is 5.10 Å². The van der Waals surface area contributed by atoms with Crippen LogP contribution in [0.1, 0.15) is 5.56 Å². The molecule has 15 heavy (non-hydrogen) atoms. The van der Waals surface area contributed by atoms with Crippen LogP contribution in [0.4, 0.5) is 0 Å². The fourth-order valence-corrected chi connectivity index (χ4v) is 1.47. The van der Waals surface area contributed by atoms with E-state index < -0.39 is 0 Å². The highest BCUT2D eigenvalue weighted by atomic mass is 16.3. The van der Waals surface area contributed by atoms with Gasteiger partial charge in [0.1, 0.15) is 24.6 Å². The Morgan fingerprint density at radius 2 is 2.20 bits per heavy atom. The summed E-state index contributed by atoms with van der Waals surface area (Å²) in [5, 5.41) is 3.99. The third-order valence-corrected chi connectivity index (χ3v) is 2.19. The van der Waals surface area contributed by atoms with Crippen molar-refractivity contribution in [2.24, 2.45) is 0 Å². The zero-order valence-corrected chi connectivity index (χ0v) is 7.95. The third-order valence-electron chi connectivity index (χ3n) is 2.19. The molecule has 3 aromatic rings. The number of nitrogens with zero attached hydrogens (tertiary/aromatic N) is 5. The third kappa shape index (κ3) is 1.11. The zero-order valence-electron chi connectivity index (χ0n) is 7.95. The second kappa shape index (κ2) is 2.88. The summed E-state index contributed by atoms with van der Waals surface area (Å²) in [4.78, 5) is 12.4. The van der Waals surface area contributed by atoms with E-state index in [0.717, 1.165) is 11.2 Å². The minimum absolute atomic E-state index is 0.498. The summed E-state index contributed by atoms with van der Waals surface area (Å²) in [5.41, 5.74) is 2.36. The van der Waals surface area contributed by atoms with E-state index in [9.17, 15) is 0 Å². The second-order valence-electron chi connectivity index (χ2n) is 3.08. The lowest BCUT2D eigenvalue weighted by molar-refractivity contribution is 0.571. The van der Waals surface area contributed by atoms with Crippen LogP contribution >= 0.6 is 0 Å². The smallest absolute Gasteiger partial charge is 0.245 e. The van der Waals surface area contributed by atoms with Crippen molar-refractivity contribution in [3.63, 3.8) is 0 Å². The van der Waals surface area contributed by atoms with Crippen molar-refractivity contribution in [2.45, 2.75) is 6.92 Å². The Morgan fingerprint density at radius 3 is 3.00 bits per heavy atom. The van der Waals surface area contributed by atoms with Crippen LogP contribution in [0.3, 0.4) is 0 Å². The summed E-state index contributed by atoms with van der Waals surface area (Å²) >= 11 is 0. The lowest BCUT2D eigenvalue weighted by Gasteiger charge is -2.00. The highest BCUT2D eigenvalue weighted by Crippen LogP contribution is 2.20. The molecule has 0 bridgehead atoms. The molecule has 0 aliphatic rings. The molecule has 0 saturated heterocycles. The van der Waals surface area contributed by atoms with Crippen LogP contribution in [0.25, 0.3) is 17.2 Å². The van der Waals surface area contributed by atoms with Gasteiger partial charge in [0.25, 0.3) is 0 Å². The molecule has 6 heteroatoms. The van der Waals surface area contributed by atoms with Crippen molar-refractivity contribution >= 4 is 5.65 Å². The van der Waals surface area contributed by atoms with Gasteiger partial charge in [-0.15, -0.1) is 0 Å². The summed E-state index contributed by atoms with van der Waals surface area (Å²) < 4.78 is 6.81. The molecule has 0 atom stereocenters. The molecular formula is C9H7N5O. The lowest BCUT2D eigenvalue weighted by atomic mass is 10.2. The fourth-order valence-electron chi connectivity index (χ4n) is 1.47. The largest absolute Gasteiger partial charge is 0.443 e. The number of rotatable bonds is 1. The first kappa shape index (κ1) is 8.10. The van der Waals surface area contributed by atoms with E-state index in [1.54, 1.807) is 17.0 Å². The maximum atomic E-state index is 5.19. The number of hydrogen-bond acceptors (Lipinski definition) is 5. The van der Waals surface area contributed by atoms with Gasteiger partial charge in [0, 0.05) is 5.56 Å². The SMILES string of the molecule is Cc1c(-c2ncco2)ncn2ncnc12. The Hall–Kier alpha value is -2.24. The number of aromatic nitrogens is 5. The van der Waals surface area contributed by atoms with Crippen LogP contribution in [0.2, 0.25) is 0 Å². The van der Waals surface area contributed by atoms with Crippen molar-refractivity contribution < 1.29 is 4.42 Å². The Labute approximate surface area is 84.6 Å². The molecule has 0 saturated carbocycles. The van der Waals surface area contributed by atoms with E-state index in [1.165, 1.54) is 12.6 Å². The van der Waals surface area contributed by atoms with Crippen molar-refractivity contribution in [3.05, 3.63) is 30.7 Å². The highest BCUT2D eigenvalue weighted by molar-refractivity contribution is 5.62. The monoisotopic (exact) mass is 201 g/mol. The Bertz CT molecular complexity index is 598. The number of oxazole rings is 1. The van der Waals surface area contributed by atoms with Gasteiger partial charge in [-0.25, -0.2) is 19.5 Å². The van der Waals surface area contributed by atoms with Crippen molar-refractivity contribution in [2.75, 3.05) is 0 Å². The van der Waals surface area contributed by atoms with Crippen molar-refractivity contribution in [1.82, 2.24) is 24.6 Å². The van der Waals surface area contributed by atoms with Crippen LogP contribution in [0.5, 0.6) is 0 Å². The number of aryl methyl sites for hydroxylation is 1. The van der Waals surface area contributed by atoms with Gasteiger partial charge in [0.2, 0.25) is 5.89 Å². The molecule has 0 radical (unpaired) electrons. The van der Waals surface area contributed by atoms with E-state index in [-0.39, 0.29) is 0 Å². The Morgan fingerprint density at radius 1 is 1.27 bits per heavy atom. The van der Waals surface area contributed by atoms with Gasteiger partial charge < -0.3 is 4.42 Å². The Kier molecular flexibility index (Phi) is 1.55. The minimum atomic E-state index is 0.498. The normalized spacial score (nSPS) is 11.0.